The Bertz CT molecular complexity index is 795. The van der Waals surface area contributed by atoms with Crippen molar-refractivity contribution in [3.63, 3.8) is 0 Å². The molecule has 0 fully saturated rings. The Hall–Kier alpha value is -1.54. The van der Waals surface area contributed by atoms with Gasteiger partial charge < -0.3 is 10.6 Å². The number of carbonyl (C=O) groups excluding carboxylic acids is 2. The number of anilines is 1. The summed E-state index contributed by atoms with van der Waals surface area (Å²) >= 11 is 3.89. The SMILES string of the molecule is CSCCC(NC(=O)c1cccc(C)c1)C(=O)Nc1ccc(I)cc1C. The fourth-order valence-corrected chi connectivity index (χ4v) is 3.64. The van der Waals surface area contributed by atoms with Crippen LogP contribution in [0.1, 0.15) is 27.9 Å². The van der Waals surface area contributed by atoms with Crippen molar-refractivity contribution in [1.82, 2.24) is 5.32 Å². The standard InChI is InChI=1S/C20H23IN2O2S/c1-13-5-4-6-15(11-13)19(24)23-18(9-10-26-3)20(25)22-17-8-7-16(21)12-14(17)2/h4-8,11-12,18H,9-10H2,1-3H3,(H,22,25)(H,23,24). The fraction of sp³-hybridized carbons (Fsp3) is 0.300. The van der Waals surface area contributed by atoms with Crippen LogP contribution < -0.4 is 10.6 Å². The first kappa shape index (κ1) is 20.8. The van der Waals surface area contributed by atoms with Gasteiger partial charge >= 0.3 is 0 Å². The first-order valence-electron chi connectivity index (χ1n) is 8.34. The van der Waals surface area contributed by atoms with Gasteiger partial charge in [0.15, 0.2) is 0 Å². The van der Waals surface area contributed by atoms with E-state index < -0.39 is 6.04 Å². The average molecular weight is 482 g/mol. The molecule has 0 saturated heterocycles. The maximum atomic E-state index is 12.8. The minimum Gasteiger partial charge on any atom is -0.340 e. The van der Waals surface area contributed by atoms with E-state index in [4.69, 9.17) is 0 Å². The van der Waals surface area contributed by atoms with Crippen molar-refractivity contribution >= 4 is 51.9 Å². The van der Waals surface area contributed by atoms with Crippen molar-refractivity contribution in [2.75, 3.05) is 17.3 Å². The van der Waals surface area contributed by atoms with Gasteiger partial charge in [0.2, 0.25) is 5.91 Å². The topological polar surface area (TPSA) is 58.2 Å². The summed E-state index contributed by atoms with van der Waals surface area (Å²) in [7, 11) is 0. The number of benzene rings is 2. The number of rotatable bonds is 7. The van der Waals surface area contributed by atoms with E-state index in [1.165, 1.54) is 0 Å². The molecule has 2 aromatic rings. The molecule has 4 nitrogen and oxygen atoms in total. The van der Waals surface area contributed by atoms with E-state index in [1.54, 1.807) is 17.8 Å². The normalized spacial score (nSPS) is 11.7. The zero-order chi connectivity index (χ0) is 19.1. The van der Waals surface area contributed by atoms with Crippen LogP contribution in [0.15, 0.2) is 42.5 Å². The summed E-state index contributed by atoms with van der Waals surface area (Å²) in [4.78, 5) is 25.3. The largest absolute Gasteiger partial charge is 0.340 e. The summed E-state index contributed by atoms with van der Waals surface area (Å²) in [6, 6.07) is 12.6. The quantitative estimate of drug-likeness (QED) is 0.576. The molecule has 2 rings (SSSR count). The van der Waals surface area contributed by atoms with Crippen LogP contribution in [0.25, 0.3) is 0 Å². The number of amides is 2. The van der Waals surface area contributed by atoms with Crippen LogP contribution >= 0.6 is 34.4 Å². The molecular formula is C20H23IN2O2S. The summed E-state index contributed by atoms with van der Waals surface area (Å²) in [6.45, 7) is 3.90. The predicted octanol–water partition coefficient (Wildman–Crippen LogP) is 4.40. The third kappa shape index (κ3) is 6.02. The van der Waals surface area contributed by atoms with Gasteiger partial charge in [-0.25, -0.2) is 0 Å². The molecule has 0 aliphatic rings. The Morgan fingerprint density at radius 1 is 1.15 bits per heavy atom. The fourth-order valence-electron chi connectivity index (χ4n) is 2.52. The van der Waals surface area contributed by atoms with Gasteiger partial charge in [0.05, 0.1) is 0 Å². The minimum atomic E-state index is -0.575. The Kier molecular flexibility index (Phi) is 7.96. The van der Waals surface area contributed by atoms with Crippen LogP contribution in [0.5, 0.6) is 0 Å². The van der Waals surface area contributed by atoms with Gasteiger partial charge in [-0.2, -0.15) is 11.8 Å². The Labute approximate surface area is 172 Å². The van der Waals surface area contributed by atoms with Gasteiger partial charge in [0, 0.05) is 14.8 Å². The van der Waals surface area contributed by atoms with E-state index in [1.807, 2.05) is 56.5 Å². The first-order chi connectivity index (χ1) is 12.4. The van der Waals surface area contributed by atoms with Crippen LogP contribution in [0.3, 0.4) is 0 Å². The molecule has 6 heteroatoms. The molecular weight excluding hydrogens is 459 g/mol. The van der Waals surface area contributed by atoms with E-state index in [0.717, 1.165) is 26.1 Å². The molecule has 0 bridgehead atoms. The van der Waals surface area contributed by atoms with Gasteiger partial charge in [-0.3, -0.25) is 9.59 Å². The van der Waals surface area contributed by atoms with E-state index in [2.05, 4.69) is 33.2 Å². The maximum absolute atomic E-state index is 12.8. The van der Waals surface area contributed by atoms with Crippen molar-refractivity contribution in [3.8, 4) is 0 Å². The number of hydrogen-bond acceptors (Lipinski definition) is 3. The molecule has 1 unspecified atom stereocenters. The molecule has 0 saturated carbocycles. The second kappa shape index (κ2) is 9.97. The predicted molar refractivity (Wildman–Crippen MR) is 118 cm³/mol. The summed E-state index contributed by atoms with van der Waals surface area (Å²) in [6.07, 6.45) is 2.56. The summed E-state index contributed by atoms with van der Waals surface area (Å²) in [5, 5.41) is 5.83. The number of halogens is 1. The lowest BCUT2D eigenvalue weighted by molar-refractivity contribution is -0.118. The second-order valence-corrected chi connectivity index (χ2v) is 8.36. The molecule has 0 radical (unpaired) electrons. The lowest BCUT2D eigenvalue weighted by Gasteiger charge is -2.19. The lowest BCUT2D eigenvalue weighted by Crippen LogP contribution is -2.44. The van der Waals surface area contributed by atoms with Gasteiger partial charge in [0.25, 0.3) is 5.91 Å². The highest BCUT2D eigenvalue weighted by Gasteiger charge is 2.21. The number of nitrogens with one attached hydrogen (secondary N) is 2. The molecule has 0 aromatic heterocycles. The molecule has 26 heavy (non-hydrogen) atoms. The van der Waals surface area contributed by atoms with E-state index in [0.29, 0.717) is 12.0 Å². The number of thioether (sulfide) groups is 1. The molecule has 0 heterocycles. The molecule has 2 aromatic carbocycles. The maximum Gasteiger partial charge on any atom is 0.251 e. The monoisotopic (exact) mass is 482 g/mol. The van der Waals surface area contributed by atoms with Crippen LogP contribution in [0.2, 0.25) is 0 Å². The highest BCUT2D eigenvalue weighted by molar-refractivity contribution is 14.1. The van der Waals surface area contributed by atoms with Crippen LogP contribution in [-0.2, 0) is 4.79 Å². The van der Waals surface area contributed by atoms with Crippen molar-refractivity contribution in [1.29, 1.82) is 0 Å². The smallest absolute Gasteiger partial charge is 0.251 e. The first-order valence-corrected chi connectivity index (χ1v) is 10.8. The minimum absolute atomic E-state index is 0.190. The van der Waals surface area contributed by atoms with Gasteiger partial charge in [0.1, 0.15) is 6.04 Å². The molecule has 1 atom stereocenters. The van der Waals surface area contributed by atoms with Gasteiger partial charge in [-0.05, 0) is 90.8 Å². The molecule has 2 amide bonds. The van der Waals surface area contributed by atoms with Crippen molar-refractivity contribution in [3.05, 3.63) is 62.7 Å². The third-order valence-corrected chi connectivity index (χ3v) is 5.27. The van der Waals surface area contributed by atoms with Crippen LogP contribution in [0.4, 0.5) is 5.69 Å². The van der Waals surface area contributed by atoms with Crippen molar-refractivity contribution < 1.29 is 9.59 Å². The van der Waals surface area contributed by atoms with Crippen molar-refractivity contribution in [2.45, 2.75) is 26.3 Å². The second-order valence-electron chi connectivity index (χ2n) is 6.13. The summed E-state index contributed by atoms with van der Waals surface area (Å²) < 4.78 is 1.12. The Morgan fingerprint density at radius 2 is 1.92 bits per heavy atom. The van der Waals surface area contributed by atoms with Crippen LogP contribution in [0, 0.1) is 17.4 Å². The molecule has 0 aliphatic carbocycles. The van der Waals surface area contributed by atoms with Gasteiger partial charge in [-0.15, -0.1) is 0 Å². The number of aryl methyl sites for hydroxylation is 2. The van der Waals surface area contributed by atoms with E-state index >= 15 is 0 Å². The van der Waals surface area contributed by atoms with Crippen LogP contribution in [-0.4, -0.2) is 29.9 Å². The number of carbonyl (C=O) groups is 2. The highest BCUT2D eigenvalue weighted by Crippen LogP contribution is 2.18. The van der Waals surface area contributed by atoms with E-state index in [9.17, 15) is 9.59 Å². The molecule has 0 spiro atoms. The molecule has 0 aliphatic heterocycles. The zero-order valence-corrected chi connectivity index (χ0v) is 18.1. The van der Waals surface area contributed by atoms with Gasteiger partial charge in [-0.1, -0.05) is 17.7 Å². The lowest BCUT2D eigenvalue weighted by atomic mass is 10.1. The van der Waals surface area contributed by atoms with E-state index in [-0.39, 0.29) is 11.8 Å². The Balaban J connectivity index is 2.12. The average Bonchev–Trinajstić information content (AvgIpc) is 2.60. The number of hydrogen-bond donors (Lipinski definition) is 2. The molecule has 2 N–H and O–H groups in total. The molecule has 138 valence electrons. The third-order valence-electron chi connectivity index (χ3n) is 3.96. The summed E-state index contributed by atoms with van der Waals surface area (Å²) in [5.41, 5.74) is 3.35. The van der Waals surface area contributed by atoms with Crippen molar-refractivity contribution in [2.24, 2.45) is 0 Å². The Morgan fingerprint density at radius 3 is 2.58 bits per heavy atom. The summed E-state index contributed by atoms with van der Waals surface area (Å²) in [5.74, 6) is 0.372. The zero-order valence-electron chi connectivity index (χ0n) is 15.1. The highest BCUT2D eigenvalue weighted by atomic mass is 127.